The molecule has 10 rings (SSSR count). The predicted octanol–water partition coefficient (Wildman–Crippen LogP) is 8.11. The molecule has 6 heterocycles. The highest BCUT2D eigenvalue weighted by atomic mass is 35.5. The molecule has 0 unspecified atom stereocenters. The molecule has 2 aliphatic carbocycles. The van der Waals surface area contributed by atoms with Crippen molar-refractivity contribution in [2.75, 3.05) is 56.5 Å². The number of amides is 1. The van der Waals surface area contributed by atoms with E-state index in [0.717, 1.165) is 50.0 Å². The van der Waals surface area contributed by atoms with Crippen molar-refractivity contribution in [1.82, 2.24) is 19.8 Å². The summed E-state index contributed by atoms with van der Waals surface area (Å²) in [5.41, 5.74) is 4.38. The molecule has 2 spiro atoms. The quantitative estimate of drug-likeness (QED) is 0.195. The monoisotopic (exact) mass is 811 g/mol. The summed E-state index contributed by atoms with van der Waals surface area (Å²) in [6, 6.07) is 6.10. The van der Waals surface area contributed by atoms with Crippen LogP contribution in [0.3, 0.4) is 0 Å². The molecule has 4 aromatic rings. The van der Waals surface area contributed by atoms with Crippen LogP contribution >= 0.6 is 22.9 Å². The van der Waals surface area contributed by atoms with Crippen molar-refractivity contribution >= 4 is 60.7 Å². The molecule has 2 aromatic carbocycles. The number of nitrogens with zero attached hydrogens (tertiary/aromatic N) is 6. The second-order valence-corrected chi connectivity index (χ2v) is 18.7. The Labute approximate surface area is 328 Å². The molecule has 2 aromatic heterocycles. The normalized spacial score (nSPS) is 29.0. The number of benzene rings is 2. The van der Waals surface area contributed by atoms with Gasteiger partial charge in [-0.2, -0.15) is 15.2 Å². The van der Waals surface area contributed by atoms with E-state index in [4.69, 9.17) is 27.1 Å². The summed E-state index contributed by atoms with van der Waals surface area (Å²) < 4.78 is 81.2. The Kier molecular flexibility index (Phi) is 8.11. The summed E-state index contributed by atoms with van der Waals surface area (Å²) in [5.74, 6) is -4.09. The van der Waals surface area contributed by atoms with E-state index in [1.54, 1.807) is 11.0 Å². The number of fused-ring (bicyclic) bond motifs is 3. The second kappa shape index (κ2) is 12.5. The van der Waals surface area contributed by atoms with E-state index in [2.05, 4.69) is 14.8 Å². The molecule has 2 N–H and O–H groups in total. The lowest BCUT2D eigenvalue weighted by Gasteiger charge is -2.53. The van der Waals surface area contributed by atoms with Gasteiger partial charge in [-0.1, -0.05) is 24.1 Å². The van der Waals surface area contributed by atoms with Crippen molar-refractivity contribution in [2.45, 2.75) is 75.4 Å². The van der Waals surface area contributed by atoms with Crippen molar-refractivity contribution in [2.24, 2.45) is 16.7 Å². The highest BCUT2D eigenvalue weighted by molar-refractivity contribution is 7.23. The highest BCUT2D eigenvalue weighted by Crippen LogP contribution is 2.73. The van der Waals surface area contributed by atoms with Crippen molar-refractivity contribution in [1.29, 1.82) is 5.26 Å². The number of nitriles is 1. The van der Waals surface area contributed by atoms with Crippen molar-refractivity contribution in [3.8, 4) is 23.2 Å². The van der Waals surface area contributed by atoms with E-state index < -0.39 is 34.7 Å². The van der Waals surface area contributed by atoms with E-state index >= 15 is 8.78 Å². The summed E-state index contributed by atoms with van der Waals surface area (Å²) in [4.78, 5) is 28.8. The van der Waals surface area contributed by atoms with Gasteiger partial charge in [0.15, 0.2) is 5.82 Å². The Hall–Kier alpha value is -4.00. The zero-order valence-corrected chi connectivity index (χ0v) is 32.0. The number of thiophene rings is 1. The van der Waals surface area contributed by atoms with E-state index in [1.807, 2.05) is 6.07 Å². The molecule has 9 nitrogen and oxygen atoms in total. The number of alkyl halides is 3. The van der Waals surface area contributed by atoms with Gasteiger partial charge in [0.1, 0.15) is 41.0 Å². The number of likely N-dealkylation sites (tertiary alicyclic amines) is 1. The van der Waals surface area contributed by atoms with Gasteiger partial charge in [0.05, 0.1) is 20.8 Å². The summed E-state index contributed by atoms with van der Waals surface area (Å²) in [6.45, 7) is 3.25. The maximum atomic E-state index is 17.3. The molecule has 6 aliphatic rings. The summed E-state index contributed by atoms with van der Waals surface area (Å²) in [6.07, 6.45) is 3.89. The maximum Gasteiger partial charge on any atom is 0.319 e. The second-order valence-electron chi connectivity index (χ2n) is 17.2. The first kappa shape index (κ1) is 36.3. The first-order valence-electron chi connectivity index (χ1n) is 19.3. The van der Waals surface area contributed by atoms with Crippen LogP contribution < -0.4 is 15.4 Å². The van der Waals surface area contributed by atoms with Crippen molar-refractivity contribution in [3.05, 3.63) is 40.4 Å². The minimum absolute atomic E-state index is 0.0000195. The van der Waals surface area contributed by atoms with Gasteiger partial charge < -0.3 is 20.3 Å². The fourth-order valence-electron chi connectivity index (χ4n) is 10.7. The lowest BCUT2D eigenvalue weighted by molar-refractivity contribution is -0.155. The molecule has 56 heavy (non-hydrogen) atoms. The van der Waals surface area contributed by atoms with Gasteiger partial charge in [0, 0.05) is 78.6 Å². The van der Waals surface area contributed by atoms with Crippen LogP contribution in [-0.4, -0.2) is 89.2 Å². The van der Waals surface area contributed by atoms with E-state index in [9.17, 15) is 23.2 Å². The number of nitrogens with two attached hydrogens (primary N) is 1. The lowest BCUT2D eigenvalue weighted by atomic mass is 9.68. The number of hydrogen-bond donors (Lipinski definition) is 1. The average molecular weight is 812 g/mol. The number of anilines is 2. The topological polar surface area (TPSA) is 112 Å². The van der Waals surface area contributed by atoms with Crippen molar-refractivity contribution < 1.29 is 31.5 Å². The largest absolute Gasteiger partial charge is 0.461 e. The minimum atomic E-state index is -2.65. The third-order valence-electron chi connectivity index (χ3n) is 13.7. The molecule has 2 atom stereocenters. The molecular weight excluding hydrogens is 773 g/mol. The molecule has 16 heteroatoms. The van der Waals surface area contributed by atoms with Crippen LogP contribution in [0, 0.1) is 39.7 Å². The third kappa shape index (κ3) is 5.41. The zero-order valence-electron chi connectivity index (χ0n) is 30.5. The number of carbonyl (C=O) groups is 1. The van der Waals surface area contributed by atoms with Crippen LogP contribution in [0.1, 0.15) is 63.4 Å². The van der Waals surface area contributed by atoms with Gasteiger partial charge in [-0.05, 0) is 62.8 Å². The van der Waals surface area contributed by atoms with E-state index in [-0.39, 0.29) is 91.4 Å². The minimum Gasteiger partial charge on any atom is -0.461 e. The molecular formula is C40H39ClF5N7O2S. The first-order chi connectivity index (χ1) is 26.7. The SMILES string of the molecule is N#Cc1c(N)sc2c(F)ccc(-c3c(Cl)cc4c(N5CCCCC6(CN(C(=O)C7CC8(C7)CC8(F)F)C6)C5)nc(OC[C@@]56CCCN5C[C@H](F)C6)nc4c3F)c12. The molecule has 4 saturated heterocycles. The van der Waals surface area contributed by atoms with Crippen LogP contribution in [0.2, 0.25) is 5.02 Å². The fourth-order valence-corrected chi connectivity index (χ4v) is 12.0. The number of rotatable bonds is 6. The van der Waals surface area contributed by atoms with Crippen LogP contribution in [0.25, 0.3) is 32.1 Å². The van der Waals surface area contributed by atoms with Crippen LogP contribution in [0.15, 0.2) is 18.2 Å². The molecule has 0 bridgehead atoms. The Bertz CT molecular complexity index is 2380. The first-order valence-corrected chi connectivity index (χ1v) is 20.5. The Balaban J connectivity index is 1.02. The molecule has 1 amide bonds. The number of halogens is 6. The lowest BCUT2D eigenvalue weighted by Crippen LogP contribution is -2.64. The molecule has 2 saturated carbocycles. The smallest absolute Gasteiger partial charge is 0.319 e. The number of hydrogen-bond acceptors (Lipinski definition) is 9. The number of ether oxygens (including phenoxy) is 1. The molecule has 6 fully saturated rings. The summed E-state index contributed by atoms with van der Waals surface area (Å²) >= 11 is 7.85. The predicted molar refractivity (Wildman–Crippen MR) is 203 cm³/mol. The van der Waals surface area contributed by atoms with Crippen LogP contribution in [-0.2, 0) is 4.79 Å². The van der Waals surface area contributed by atoms with Crippen molar-refractivity contribution in [3.63, 3.8) is 0 Å². The third-order valence-corrected chi connectivity index (χ3v) is 15.0. The number of aromatic nitrogens is 2. The highest BCUT2D eigenvalue weighted by Gasteiger charge is 2.76. The summed E-state index contributed by atoms with van der Waals surface area (Å²) in [7, 11) is 0. The Morgan fingerprint density at radius 3 is 2.62 bits per heavy atom. The Morgan fingerprint density at radius 1 is 1.09 bits per heavy atom. The van der Waals surface area contributed by atoms with Gasteiger partial charge in [-0.15, -0.1) is 11.3 Å². The van der Waals surface area contributed by atoms with Gasteiger partial charge in [0.25, 0.3) is 5.92 Å². The van der Waals surface area contributed by atoms with Gasteiger partial charge in [0.2, 0.25) is 5.91 Å². The average Bonchev–Trinajstić information content (AvgIpc) is 3.27. The zero-order chi connectivity index (χ0) is 38.9. The van der Waals surface area contributed by atoms with E-state index in [0.29, 0.717) is 50.3 Å². The molecule has 294 valence electrons. The van der Waals surface area contributed by atoms with E-state index in [1.165, 1.54) is 12.1 Å². The standard InChI is InChI=1S/C40H39ClF5N7O2S/c41-26-10-24-31(30(44)29(26)23-4-5-27(43)32-28(23)25(14-47)33(48)56-32)49-36(55-20-39-7-3-9-53(39)15-22(42)13-39)50-34(24)51-8-2-1-6-37(17-51)18-52(19-37)35(54)21-11-38(12-21)16-40(38,45)46/h4-5,10,21-22H,1-3,6-9,11-13,15-20,48H2/t21?,22-,38?,39+/m1/s1. The maximum absolute atomic E-state index is 17.3. The van der Waals surface area contributed by atoms with Gasteiger partial charge in [-0.25, -0.2) is 22.0 Å². The molecule has 4 aliphatic heterocycles. The molecule has 0 radical (unpaired) electrons. The fraction of sp³-hybridized carbons (Fsp3) is 0.550. The van der Waals surface area contributed by atoms with Gasteiger partial charge in [-0.3, -0.25) is 9.69 Å². The Morgan fingerprint density at radius 2 is 1.88 bits per heavy atom. The van der Waals surface area contributed by atoms with Gasteiger partial charge >= 0.3 is 6.01 Å². The number of carbonyl (C=O) groups excluding carboxylic acids is 1. The number of nitrogen functional groups attached to an aromatic ring is 1. The van der Waals surface area contributed by atoms with Crippen LogP contribution in [0.5, 0.6) is 6.01 Å². The van der Waals surface area contributed by atoms with Crippen LogP contribution in [0.4, 0.5) is 32.8 Å². The summed E-state index contributed by atoms with van der Waals surface area (Å²) in [5, 5.41) is 10.5.